The molecular formula is C11H23. The molecule has 0 fully saturated rings. The molecule has 2 unspecified atom stereocenters. The zero-order chi connectivity index (χ0) is 8.85. The van der Waals surface area contributed by atoms with E-state index in [1.807, 2.05) is 0 Å². The highest BCUT2D eigenvalue weighted by molar-refractivity contribution is 4.67. The van der Waals surface area contributed by atoms with Crippen molar-refractivity contribution in [2.45, 2.75) is 47.0 Å². The molecule has 0 aliphatic carbocycles. The molecule has 0 aromatic heterocycles. The second-order valence-corrected chi connectivity index (χ2v) is 3.87. The van der Waals surface area contributed by atoms with Gasteiger partial charge in [-0.3, -0.25) is 0 Å². The Morgan fingerprint density at radius 1 is 1.09 bits per heavy atom. The van der Waals surface area contributed by atoms with Crippen LogP contribution in [0.25, 0.3) is 0 Å². The number of rotatable bonds is 5. The van der Waals surface area contributed by atoms with Crippen LogP contribution in [0.5, 0.6) is 0 Å². The van der Waals surface area contributed by atoms with E-state index in [4.69, 9.17) is 0 Å². The quantitative estimate of drug-likeness (QED) is 0.564. The molecule has 0 aromatic rings. The van der Waals surface area contributed by atoms with E-state index in [1.165, 1.54) is 19.3 Å². The predicted molar refractivity (Wildman–Crippen MR) is 52.4 cm³/mol. The molecule has 67 valence electrons. The minimum Gasteiger partial charge on any atom is -0.0651 e. The lowest BCUT2D eigenvalue weighted by molar-refractivity contribution is 0.324. The topological polar surface area (TPSA) is 0 Å². The highest BCUT2D eigenvalue weighted by Crippen LogP contribution is 2.23. The standard InChI is InChI=1S/C11H23/c1-6-11(7-2)8-10(5)9(3)4/h9-11H,3,6-8H2,1-2,4-5H3. The average molecular weight is 155 g/mol. The summed E-state index contributed by atoms with van der Waals surface area (Å²) >= 11 is 0. The summed E-state index contributed by atoms with van der Waals surface area (Å²) in [6.45, 7) is 13.2. The van der Waals surface area contributed by atoms with Crippen LogP contribution < -0.4 is 0 Å². The van der Waals surface area contributed by atoms with Crippen molar-refractivity contribution in [2.24, 2.45) is 17.8 Å². The monoisotopic (exact) mass is 155 g/mol. The van der Waals surface area contributed by atoms with Crippen LogP contribution in [0.1, 0.15) is 47.0 Å². The van der Waals surface area contributed by atoms with E-state index in [0.29, 0.717) is 5.92 Å². The van der Waals surface area contributed by atoms with Crippen LogP contribution in [-0.2, 0) is 0 Å². The van der Waals surface area contributed by atoms with E-state index in [2.05, 4.69) is 34.6 Å². The highest BCUT2D eigenvalue weighted by Gasteiger charge is 2.12. The molecule has 0 spiro atoms. The number of hydrogen-bond donors (Lipinski definition) is 0. The Morgan fingerprint density at radius 3 is 1.82 bits per heavy atom. The minimum absolute atomic E-state index is 0.607. The molecule has 11 heavy (non-hydrogen) atoms. The third-order valence-corrected chi connectivity index (χ3v) is 2.83. The second kappa shape index (κ2) is 5.62. The van der Waals surface area contributed by atoms with Crippen LogP contribution in [0.4, 0.5) is 0 Å². The van der Waals surface area contributed by atoms with Gasteiger partial charge in [0.25, 0.3) is 0 Å². The fourth-order valence-corrected chi connectivity index (χ4v) is 1.38. The Kier molecular flexibility index (Phi) is 5.62. The molecule has 0 amide bonds. The Balaban J connectivity index is 3.62. The van der Waals surface area contributed by atoms with Gasteiger partial charge in [-0.05, 0) is 24.2 Å². The molecule has 0 rings (SSSR count). The Morgan fingerprint density at radius 2 is 1.55 bits per heavy atom. The van der Waals surface area contributed by atoms with Gasteiger partial charge in [0, 0.05) is 0 Å². The fraction of sp³-hybridized carbons (Fsp3) is 0.909. The lowest BCUT2D eigenvalue weighted by Crippen LogP contribution is -2.10. The van der Waals surface area contributed by atoms with Crippen molar-refractivity contribution in [3.8, 4) is 0 Å². The SMILES string of the molecule is [CH2]C(C)C(C)CC(CC)CC. The summed E-state index contributed by atoms with van der Waals surface area (Å²) in [7, 11) is 0. The van der Waals surface area contributed by atoms with Crippen molar-refractivity contribution in [3.05, 3.63) is 6.92 Å². The average Bonchev–Trinajstić information content (AvgIpc) is 1.99. The third kappa shape index (κ3) is 4.44. The molecule has 0 N–H and O–H groups in total. The largest absolute Gasteiger partial charge is 0.0651 e. The van der Waals surface area contributed by atoms with Gasteiger partial charge in [-0.2, -0.15) is 0 Å². The van der Waals surface area contributed by atoms with E-state index in [-0.39, 0.29) is 0 Å². The van der Waals surface area contributed by atoms with Crippen LogP contribution in [0.3, 0.4) is 0 Å². The minimum atomic E-state index is 0.607. The first kappa shape index (κ1) is 11.0. The van der Waals surface area contributed by atoms with Crippen molar-refractivity contribution in [3.63, 3.8) is 0 Å². The molecule has 2 atom stereocenters. The summed E-state index contributed by atoms with van der Waals surface area (Å²) in [6, 6.07) is 0. The Labute approximate surface area is 72.4 Å². The summed E-state index contributed by atoms with van der Waals surface area (Å²) in [4.78, 5) is 0. The Bertz CT molecular complexity index is 80.0. The van der Waals surface area contributed by atoms with E-state index in [1.54, 1.807) is 0 Å². The lowest BCUT2D eigenvalue weighted by atomic mass is 9.85. The second-order valence-electron chi connectivity index (χ2n) is 3.87. The van der Waals surface area contributed by atoms with Gasteiger partial charge >= 0.3 is 0 Å². The zero-order valence-corrected chi connectivity index (χ0v) is 8.56. The lowest BCUT2D eigenvalue weighted by Gasteiger charge is -2.20. The van der Waals surface area contributed by atoms with Crippen molar-refractivity contribution in [2.75, 3.05) is 0 Å². The van der Waals surface area contributed by atoms with Crippen LogP contribution in [0, 0.1) is 24.7 Å². The summed E-state index contributed by atoms with van der Waals surface area (Å²) in [5, 5.41) is 0. The van der Waals surface area contributed by atoms with Gasteiger partial charge in [-0.25, -0.2) is 0 Å². The van der Waals surface area contributed by atoms with E-state index < -0.39 is 0 Å². The van der Waals surface area contributed by atoms with Crippen LogP contribution in [0.15, 0.2) is 0 Å². The van der Waals surface area contributed by atoms with Crippen LogP contribution in [-0.4, -0.2) is 0 Å². The molecule has 0 heterocycles. The molecule has 1 radical (unpaired) electrons. The first-order valence-corrected chi connectivity index (χ1v) is 4.94. The molecular weight excluding hydrogens is 132 g/mol. The first-order valence-electron chi connectivity index (χ1n) is 4.94. The summed E-state index contributed by atoms with van der Waals surface area (Å²) in [5.41, 5.74) is 0. The maximum absolute atomic E-state index is 4.06. The van der Waals surface area contributed by atoms with Crippen LogP contribution >= 0.6 is 0 Å². The summed E-state index contributed by atoms with van der Waals surface area (Å²) in [5.74, 6) is 2.32. The van der Waals surface area contributed by atoms with Gasteiger partial charge in [0.15, 0.2) is 0 Å². The predicted octanol–water partition coefficient (Wildman–Crippen LogP) is 3.92. The molecule has 0 aliphatic rings. The van der Waals surface area contributed by atoms with Gasteiger partial charge in [-0.1, -0.05) is 47.5 Å². The smallest absolute Gasteiger partial charge is 0.0414 e. The van der Waals surface area contributed by atoms with Crippen LogP contribution in [0.2, 0.25) is 0 Å². The summed E-state index contributed by atoms with van der Waals surface area (Å²) < 4.78 is 0. The van der Waals surface area contributed by atoms with Gasteiger partial charge in [0.1, 0.15) is 0 Å². The molecule has 0 saturated carbocycles. The first-order chi connectivity index (χ1) is 5.11. The van der Waals surface area contributed by atoms with Gasteiger partial charge in [0.05, 0.1) is 0 Å². The molecule has 0 saturated heterocycles. The maximum atomic E-state index is 4.06. The molecule has 0 bridgehead atoms. The van der Waals surface area contributed by atoms with Crippen molar-refractivity contribution in [1.29, 1.82) is 0 Å². The van der Waals surface area contributed by atoms with Crippen molar-refractivity contribution >= 4 is 0 Å². The zero-order valence-electron chi connectivity index (χ0n) is 8.56. The molecule has 0 nitrogen and oxygen atoms in total. The van der Waals surface area contributed by atoms with Crippen molar-refractivity contribution < 1.29 is 0 Å². The number of hydrogen-bond acceptors (Lipinski definition) is 0. The van der Waals surface area contributed by atoms with E-state index in [0.717, 1.165) is 11.8 Å². The highest BCUT2D eigenvalue weighted by atomic mass is 14.2. The van der Waals surface area contributed by atoms with E-state index >= 15 is 0 Å². The fourth-order valence-electron chi connectivity index (χ4n) is 1.38. The maximum Gasteiger partial charge on any atom is -0.0414 e. The molecule has 0 aliphatic heterocycles. The molecule has 0 heteroatoms. The third-order valence-electron chi connectivity index (χ3n) is 2.83. The normalized spacial score (nSPS) is 14.5. The van der Waals surface area contributed by atoms with Gasteiger partial charge < -0.3 is 0 Å². The summed E-state index contributed by atoms with van der Waals surface area (Å²) in [6.07, 6.45) is 4.01. The Hall–Kier alpha value is 0. The van der Waals surface area contributed by atoms with Gasteiger partial charge in [0.2, 0.25) is 0 Å². The van der Waals surface area contributed by atoms with Gasteiger partial charge in [-0.15, -0.1) is 0 Å². The van der Waals surface area contributed by atoms with Crippen molar-refractivity contribution in [1.82, 2.24) is 0 Å². The molecule has 0 aromatic carbocycles. The van der Waals surface area contributed by atoms with E-state index in [9.17, 15) is 0 Å².